The van der Waals surface area contributed by atoms with E-state index in [-0.39, 0.29) is 23.7 Å². The van der Waals surface area contributed by atoms with E-state index in [0.29, 0.717) is 32.5 Å². The van der Waals surface area contributed by atoms with Gasteiger partial charge in [0.25, 0.3) is 0 Å². The van der Waals surface area contributed by atoms with Crippen LogP contribution in [0.1, 0.15) is 25.7 Å². The van der Waals surface area contributed by atoms with Crippen LogP contribution in [0.4, 0.5) is 0 Å². The second kappa shape index (κ2) is 7.41. The van der Waals surface area contributed by atoms with Gasteiger partial charge in [0.15, 0.2) is 0 Å². The second-order valence-electron chi connectivity index (χ2n) is 5.86. The van der Waals surface area contributed by atoms with Crippen LogP contribution in [-0.2, 0) is 14.3 Å². The number of hydrogen-bond acceptors (Lipinski definition) is 5. The number of nitriles is 1. The summed E-state index contributed by atoms with van der Waals surface area (Å²) in [6, 6.07) is 2.30. The quantitative estimate of drug-likeness (QED) is 0.714. The Kier molecular flexibility index (Phi) is 5.57. The van der Waals surface area contributed by atoms with E-state index in [9.17, 15) is 9.59 Å². The SMILES string of the molecule is COC(=O)C1CCN(C(=O)CN2CCC(C#N)CC2)CC1. The Morgan fingerprint density at radius 1 is 1.14 bits per heavy atom. The second-order valence-corrected chi connectivity index (χ2v) is 5.86. The number of hydrogen-bond donors (Lipinski definition) is 0. The van der Waals surface area contributed by atoms with Crippen molar-refractivity contribution in [2.45, 2.75) is 25.7 Å². The molecule has 21 heavy (non-hydrogen) atoms. The first-order valence-electron chi connectivity index (χ1n) is 7.61. The molecule has 2 aliphatic heterocycles. The molecule has 6 heteroatoms. The summed E-state index contributed by atoms with van der Waals surface area (Å²) in [4.78, 5) is 27.7. The number of ether oxygens (including phenoxy) is 1. The summed E-state index contributed by atoms with van der Waals surface area (Å²) in [5.41, 5.74) is 0. The third-order valence-electron chi connectivity index (χ3n) is 4.51. The van der Waals surface area contributed by atoms with Crippen LogP contribution >= 0.6 is 0 Å². The number of carbonyl (C=O) groups is 2. The zero-order chi connectivity index (χ0) is 15.2. The monoisotopic (exact) mass is 293 g/mol. The lowest BCUT2D eigenvalue weighted by atomic mass is 9.96. The van der Waals surface area contributed by atoms with Crippen LogP contribution in [0, 0.1) is 23.2 Å². The van der Waals surface area contributed by atoms with Crippen LogP contribution in [0.15, 0.2) is 0 Å². The summed E-state index contributed by atoms with van der Waals surface area (Å²) >= 11 is 0. The minimum atomic E-state index is -0.166. The Morgan fingerprint density at radius 2 is 1.76 bits per heavy atom. The average Bonchev–Trinajstić information content (AvgIpc) is 2.55. The topological polar surface area (TPSA) is 73.6 Å². The Morgan fingerprint density at radius 3 is 2.29 bits per heavy atom. The van der Waals surface area contributed by atoms with Crippen molar-refractivity contribution in [3.63, 3.8) is 0 Å². The molecule has 0 atom stereocenters. The zero-order valence-electron chi connectivity index (χ0n) is 12.6. The van der Waals surface area contributed by atoms with Crippen molar-refractivity contribution < 1.29 is 14.3 Å². The number of amides is 1. The molecule has 0 aromatic rings. The van der Waals surface area contributed by atoms with Gasteiger partial charge in [-0.2, -0.15) is 5.26 Å². The largest absolute Gasteiger partial charge is 0.469 e. The molecule has 1 amide bonds. The van der Waals surface area contributed by atoms with Gasteiger partial charge in [-0.15, -0.1) is 0 Å². The third-order valence-corrected chi connectivity index (χ3v) is 4.51. The summed E-state index contributed by atoms with van der Waals surface area (Å²) in [7, 11) is 1.41. The fourth-order valence-corrected chi connectivity index (χ4v) is 3.04. The normalized spacial score (nSPS) is 21.8. The Bertz CT molecular complexity index is 416. The molecule has 0 bridgehead atoms. The lowest BCUT2D eigenvalue weighted by Crippen LogP contribution is -2.46. The summed E-state index contributed by atoms with van der Waals surface area (Å²) in [6.45, 7) is 3.34. The molecule has 2 aliphatic rings. The molecule has 0 radical (unpaired) electrons. The molecule has 0 aromatic carbocycles. The van der Waals surface area contributed by atoms with Gasteiger partial charge in [-0.25, -0.2) is 0 Å². The highest BCUT2D eigenvalue weighted by Gasteiger charge is 2.29. The minimum absolute atomic E-state index is 0.0644. The number of nitrogens with zero attached hydrogens (tertiary/aromatic N) is 3. The van der Waals surface area contributed by atoms with E-state index in [0.717, 1.165) is 25.9 Å². The van der Waals surface area contributed by atoms with E-state index in [1.54, 1.807) is 0 Å². The van der Waals surface area contributed by atoms with Gasteiger partial charge in [0.1, 0.15) is 0 Å². The van der Waals surface area contributed by atoms with Crippen LogP contribution in [0.3, 0.4) is 0 Å². The molecule has 0 saturated carbocycles. The van der Waals surface area contributed by atoms with Gasteiger partial charge in [0.2, 0.25) is 5.91 Å². The van der Waals surface area contributed by atoms with Gasteiger partial charge in [-0.1, -0.05) is 0 Å². The van der Waals surface area contributed by atoms with E-state index in [4.69, 9.17) is 10.00 Å². The molecule has 0 N–H and O–H groups in total. The maximum absolute atomic E-state index is 12.3. The minimum Gasteiger partial charge on any atom is -0.469 e. The summed E-state index contributed by atoms with van der Waals surface area (Å²) in [5, 5.41) is 8.87. The van der Waals surface area contributed by atoms with Crippen molar-refractivity contribution in [3.8, 4) is 6.07 Å². The molecule has 0 unspecified atom stereocenters. The highest BCUT2D eigenvalue weighted by molar-refractivity contribution is 5.79. The van der Waals surface area contributed by atoms with E-state index in [1.807, 2.05) is 4.90 Å². The fraction of sp³-hybridized carbons (Fsp3) is 0.800. The van der Waals surface area contributed by atoms with Gasteiger partial charge in [0, 0.05) is 19.0 Å². The average molecular weight is 293 g/mol. The maximum Gasteiger partial charge on any atom is 0.308 e. The Balaban J connectivity index is 1.73. The van der Waals surface area contributed by atoms with E-state index in [1.165, 1.54) is 7.11 Å². The van der Waals surface area contributed by atoms with Crippen LogP contribution in [-0.4, -0.2) is 61.5 Å². The summed E-state index contributed by atoms with van der Waals surface area (Å²) in [6.07, 6.45) is 3.09. The number of piperidine rings is 2. The van der Waals surface area contributed by atoms with E-state index in [2.05, 4.69) is 11.0 Å². The van der Waals surface area contributed by atoms with Gasteiger partial charge in [0.05, 0.1) is 25.6 Å². The van der Waals surface area contributed by atoms with Crippen molar-refractivity contribution in [3.05, 3.63) is 0 Å². The lowest BCUT2D eigenvalue weighted by molar-refractivity contribution is -0.149. The lowest BCUT2D eigenvalue weighted by Gasteiger charge is -2.34. The number of esters is 1. The highest BCUT2D eigenvalue weighted by atomic mass is 16.5. The Hall–Kier alpha value is -1.61. The van der Waals surface area contributed by atoms with Gasteiger partial charge < -0.3 is 9.64 Å². The van der Waals surface area contributed by atoms with Crippen molar-refractivity contribution in [1.82, 2.24) is 9.80 Å². The summed E-state index contributed by atoms with van der Waals surface area (Å²) in [5.74, 6) is 0.0481. The Labute approximate surface area is 125 Å². The molecule has 2 heterocycles. The first kappa shape index (κ1) is 15.8. The standard InChI is InChI=1S/C15H23N3O3/c1-21-15(20)13-4-8-18(9-5-13)14(19)11-17-6-2-12(10-16)3-7-17/h12-13H,2-9,11H2,1H3. The highest BCUT2D eigenvalue weighted by Crippen LogP contribution is 2.20. The van der Waals surface area contributed by atoms with Crippen molar-refractivity contribution in [2.75, 3.05) is 39.8 Å². The molecular weight excluding hydrogens is 270 g/mol. The third kappa shape index (κ3) is 4.18. The number of methoxy groups -OCH3 is 1. The van der Waals surface area contributed by atoms with Gasteiger partial charge >= 0.3 is 5.97 Å². The molecule has 0 aliphatic carbocycles. The van der Waals surface area contributed by atoms with Crippen LogP contribution in [0.2, 0.25) is 0 Å². The molecule has 0 aromatic heterocycles. The number of carbonyl (C=O) groups excluding carboxylic acids is 2. The van der Waals surface area contributed by atoms with Gasteiger partial charge in [-0.05, 0) is 38.8 Å². The molecule has 2 saturated heterocycles. The molecule has 116 valence electrons. The van der Waals surface area contributed by atoms with E-state index >= 15 is 0 Å². The van der Waals surface area contributed by atoms with Crippen LogP contribution < -0.4 is 0 Å². The molecule has 2 fully saturated rings. The predicted octanol–water partition coefficient (Wildman–Crippen LogP) is 0.634. The smallest absolute Gasteiger partial charge is 0.308 e. The van der Waals surface area contributed by atoms with Crippen LogP contribution in [0.25, 0.3) is 0 Å². The molecular formula is C15H23N3O3. The van der Waals surface area contributed by atoms with E-state index < -0.39 is 0 Å². The van der Waals surface area contributed by atoms with Gasteiger partial charge in [-0.3, -0.25) is 14.5 Å². The van der Waals surface area contributed by atoms with Crippen molar-refractivity contribution in [2.24, 2.45) is 11.8 Å². The fourth-order valence-electron chi connectivity index (χ4n) is 3.04. The molecule has 0 spiro atoms. The predicted molar refractivity (Wildman–Crippen MR) is 76.1 cm³/mol. The van der Waals surface area contributed by atoms with Crippen LogP contribution in [0.5, 0.6) is 0 Å². The number of rotatable bonds is 3. The molecule has 6 nitrogen and oxygen atoms in total. The van der Waals surface area contributed by atoms with Crippen molar-refractivity contribution in [1.29, 1.82) is 5.26 Å². The number of likely N-dealkylation sites (tertiary alicyclic amines) is 2. The summed E-state index contributed by atoms with van der Waals surface area (Å²) < 4.78 is 4.75. The zero-order valence-corrected chi connectivity index (χ0v) is 12.6. The maximum atomic E-state index is 12.3. The first-order valence-corrected chi connectivity index (χ1v) is 7.61. The first-order chi connectivity index (χ1) is 10.1. The van der Waals surface area contributed by atoms with Crippen molar-refractivity contribution >= 4 is 11.9 Å². The molecule has 2 rings (SSSR count).